The maximum Gasteiger partial charge on any atom is 0.290 e. The van der Waals surface area contributed by atoms with Crippen molar-refractivity contribution in [1.82, 2.24) is 19.4 Å². The fourth-order valence-electron chi connectivity index (χ4n) is 6.61. The van der Waals surface area contributed by atoms with Crippen molar-refractivity contribution in [3.05, 3.63) is 54.1 Å². The predicted molar refractivity (Wildman–Crippen MR) is 114 cm³/mol. The molecular formula is C24H30N4O2. The van der Waals surface area contributed by atoms with Gasteiger partial charge in [0.1, 0.15) is 0 Å². The molecule has 158 valence electrons. The molecule has 1 aromatic carbocycles. The van der Waals surface area contributed by atoms with Crippen LogP contribution in [0.3, 0.4) is 0 Å². The van der Waals surface area contributed by atoms with Crippen LogP contribution < -0.4 is 0 Å². The van der Waals surface area contributed by atoms with Gasteiger partial charge in [-0.2, -0.15) is 0 Å². The van der Waals surface area contributed by atoms with Gasteiger partial charge in [0, 0.05) is 43.9 Å². The molecule has 6 nitrogen and oxygen atoms in total. The van der Waals surface area contributed by atoms with E-state index in [1.807, 2.05) is 36.0 Å². The highest BCUT2D eigenvalue weighted by atomic mass is 16.2. The van der Waals surface area contributed by atoms with Crippen molar-refractivity contribution < 1.29 is 9.59 Å². The first-order valence-corrected chi connectivity index (χ1v) is 11.0. The molecular weight excluding hydrogens is 376 g/mol. The largest absolute Gasteiger partial charge is 0.334 e. The lowest BCUT2D eigenvalue weighted by Crippen LogP contribution is -2.62. The van der Waals surface area contributed by atoms with Crippen molar-refractivity contribution in [2.75, 3.05) is 0 Å². The molecule has 5 rings (SSSR count). The van der Waals surface area contributed by atoms with Crippen molar-refractivity contribution in [2.45, 2.75) is 70.1 Å². The molecule has 2 bridgehead atoms. The van der Waals surface area contributed by atoms with Crippen LogP contribution in [0.15, 0.2) is 42.7 Å². The molecule has 1 saturated carbocycles. The Balaban J connectivity index is 1.60. The summed E-state index contributed by atoms with van der Waals surface area (Å²) in [6, 6.07) is 10.7. The van der Waals surface area contributed by atoms with Gasteiger partial charge in [0.05, 0.1) is 12.1 Å². The van der Waals surface area contributed by atoms with Crippen molar-refractivity contribution in [1.29, 1.82) is 0 Å². The Morgan fingerprint density at radius 3 is 2.47 bits per heavy atom. The van der Waals surface area contributed by atoms with E-state index in [2.05, 4.69) is 33.8 Å². The highest BCUT2D eigenvalue weighted by molar-refractivity contribution is 5.92. The van der Waals surface area contributed by atoms with Crippen molar-refractivity contribution >= 4 is 11.8 Å². The number of rotatable bonds is 3. The van der Waals surface area contributed by atoms with Gasteiger partial charge >= 0.3 is 0 Å². The second-order valence-corrected chi connectivity index (χ2v) is 9.50. The number of piperidine rings is 1. The maximum absolute atomic E-state index is 13.7. The molecule has 3 heterocycles. The van der Waals surface area contributed by atoms with Crippen LogP contribution in [0.25, 0.3) is 0 Å². The lowest BCUT2D eigenvalue weighted by Gasteiger charge is -2.52. The van der Waals surface area contributed by atoms with E-state index in [0.29, 0.717) is 5.82 Å². The van der Waals surface area contributed by atoms with Gasteiger partial charge in [-0.25, -0.2) is 4.98 Å². The molecule has 6 heteroatoms. The zero-order valence-electron chi connectivity index (χ0n) is 18.0. The van der Waals surface area contributed by atoms with Gasteiger partial charge in [-0.05, 0) is 37.7 Å². The minimum absolute atomic E-state index is 0.00436. The molecule has 2 saturated heterocycles. The molecule has 0 radical (unpaired) electrons. The second-order valence-electron chi connectivity index (χ2n) is 9.50. The fourth-order valence-corrected chi connectivity index (χ4v) is 6.61. The number of imidazole rings is 1. The first kappa shape index (κ1) is 19.3. The van der Waals surface area contributed by atoms with E-state index >= 15 is 0 Å². The number of nitrogens with zero attached hydrogens (tertiary/aromatic N) is 4. The second kappa shape index (κ2) is 6.96. The number of carbonyl (C=O) groups excluding carboxylic acids is 2. The van der Waals surface area contributed by atoms with Gasteiger partial charge in [-0.3, -0.25) is 9.59 Å². The zero-order chi connectivity index (χ0) is 21.0. The fraction of sp³-hybridized carbons (Fsp3) is 0.542. The molecule has 5 atom stereocenters. The summed E-state index contributed by atoms with van der Waals surface area (Å²) in [6.45, 7) is 4.00. The lowest BCUT2D eigenvalue weighted by atomic mass is 9.64. The van der Waals surface area contributed by atoms with E-state index in [1.165, 1.54) is 5.56 Å². The average molecular weight is 407 g/mol. The van der Waals surface area contributed by atoms with Crippen molar-refractivity contribution in [2.24, 2.45) is 12.5 Å². The molecule has 3 aliphatic rings. The quantitative estimate of drug-likeness (QED) is 0.787. The van der Waals surface area contributed by atoms with E-state index in [-0.39, 0.29) is 41.4 Å². The third kappa shape index (κ3) is 2.72. The Labute approximate surface area is 177 Å². The predicted octanol–water partition coefficient (Wildman–Crippen LogP) is 3.04. The Hall–Kier alpha value is -2.63. The molecule has 1 aromatic heterocycles. The number of likely N-dealkylation sites (tertiary alicyclic amines) is 2. The average Bonchev–Trinajstić information content (AvgIpc) is 3.28. The van der Waals surface area contributed by atoms with Crippen molar-refractivity contribution in [3.63, 3.8) is 0 Å². The van der Waals surface area contributed by atoms with Gasteiger partial charge in [0.25, 0.3) is 5.91 Å². The number of fused-ring (bicyclic) bond motifs is 1. The number of benzene rings is 1. The first-order valence-electron chi connectivity index (χ1n) is 11.0. The molecule has 3 fully saturated rings. The number of aryl methyl sites for hydroxylation is 1. The molecule has 0 unspecified atom stereocenters. The maximum atomic E-state index is 13.7. The first-order chi connectivity index (χ1) is 14.4. The van der Waals surface area contributed by atoms with Crippen molar-refractivity contribution in [3.8, 4) is 0 Å². The van der Waals surface area contributed by atoms with Gasteiger partial charge < -0.3 is 14.4 Å². The molecule has 2 amide bonds. The normalized spacial score (nSPS) is 32.4. The Bertz CT molecular complexity index is 971. The summed E-state index contributed by atoms with van der Waals surface area (Å²) in [4.78, 5) is 35.3. The summed E-state index contributed by atoms with van der Waals surface area (Å²) in [5, 5.41) is 0. The molecule has 2 aliphatic heterocycles. The van der Waals surface area contributed by atoms with E-state index in [1.54, 1.807) is 13.1 Å². The van der Waals surface area contributed by atoms with Crippen LogP contribution in [-0.4, -0.2) is 55.3 Å². The van der Waals surface area contributed by atoms with Crippen LogP contribution >= 0.6 is 0 Å². The third-order valence-electron chi connectivity index (χ3n) is 7.86. The number of carbonyl (C=O) groups is 2. The SMILES string of the molecule is CC(=O)N1[C@H](Cc2ccccc2)[C@@H]2C[C@@]3(C)[C@H](CCC[C@@H]13)N2C(=O)c1nccn1C. The molecule has 0 N–H and O–H groups in total. The van der Waals surface area contributed by atoms with Crippen LogP contribution in [0.2, 0.25) is 0 Å². The smallest absolute Gasteiger partial charge is 0.290 e. The summed E-state index contributed by atoms with van der Waals surface area (Å²) in [6.07, 6.45) is 8.31. The summed E-state index contributed by atoms with van der Waals surface area (Å²) < 4.78 is 1.81. The Kier molecular flexibility index (Phi) is 4.49. The van der Waals surface area contributed by atoms with Crippen LogP contribution in [0.1, 0.15) is 55.7 Å². The molecule has 2 aromatic rings. The minimum Gasteiger partial charge on any atom is -0.334 e. The summed E-state index contributed by atoms with van der Waals surface area (Å²) >= 11 is 0. The van der Waals surface area contributed by atoms with Gasteiger partial charge in [0.15, 0.2) is 5.82 Å². The van der Waals surface area contributed by atoms with Crippen LogP contribution in [0, 0.1) is 5.41 Å². The van der Waals surface area contributed by atoms with Crippen LogP contribution in [-0.2, 0) is 18.3 Å². The monoisotopic (exact) mass is 406 g/mol. The van der Waals surface area contributed by atoms with E-state index < -0.39 is 0 Å². The van der Waals surface area contributed by atoms with E-state index in [9.17, 15) is 9.59 Å². The standard InChI is InChI=1S/C24H30N4O2/c1-16(29)27-18(14-17-8-5-4-6-9-17)19-15-24(2)20(27)10-7-11-21(24)28(19)23(30)22-25-12-13-26(22)3/h4-6,8-9,12-13,18-21H,7,10-11,14-15H2,1-3H3/t18-,19+,20-,21+,24-/m1/s1. The van der Waals surface area contributed by atoms with Gasteiger partial charge in [-0.1, -0.05) is 37.3 Å². The lowest BCUT2D eigenvalue weighted by molar-refractivity contribution is -0.142. The highest BCUT2D eigenvalue weighted by Crippen LogP contribution is 2.56. The third-order valence-corrected chi connectivity index (χ3v) is 7.86. The minimum atomic E-state index is -0.0530. The highest BCUT2D eigenvalue weighted by Gasteiger charge is 2.64. The van der Waals surface area contributed by atoms with Crippen LogP contribution in [0.4, 0.5) is 0 Å². The van der Waals surface area contributed by atoms with Crippen LogP contribution in [0.5, 0.6) is 0 Å². The van der Waals surface area contributed by atoms with E-state index in [0.717, 1.165) is 32.1 Å². The number of hydrogen-bond donors (Lipinski definition) is 0. The summed E-state index contributed by atoms with van der Waals surface area (Å²) in [5.41, 5.74) is 1.16. The van der Waals surface area contributed by atoms with E-state index in [4.69, 9.17) is 0 Å². The topological polar surface area (TPSA) is 58.4 Å². The number of amides is 2. The Morgan fingerprint density at radius 1 is 1.13 bits per heavy atom. The number of aromatic nitrogens is 2. The number of hydrogen-bond acceptors (Lipinski definition) is 3. The van der Waals surface area contributed by atoms with Gasteiger partial charge in [0.2, 0.25) is 5.91 Å². The molecule has 1 aliphatic carbocycles. The Morgan fingerprint density at radius 2 is 1.83 bits per heavy atom. The summed E-state index contributed by atoms with van der Waals surface area (Å²) in [7, 11) is 1.87. The summed E-state index contributed by atoms with van der Waals surface area (Å²) in [5.74, 6) is 0.621. The van der Waals surface area contributed by atoms with Gasteiger partial charge in [-0.15, -0.1) is 0 Å². The zero-order valence-corrected chi connectivity index (χ0v) is 18.0. The molecule has 30 heavy (non-hydrogen) atoms. The molecule has 0 spiro atoms.